The Morgan fingerprint density at radius 2 is 1.53 bits per heavy atom. The highest BCUT2D eigenvalue weighted by atomic mass is 28.4. The molecular weight excluding hydrogens is 430 g/mol. The largest absolute Gasteiger partial charge is 0.417 e. The molecule has 1 aromatic carbocycles. The first kappa shape index (κ1) is 27.1. The number of rotatable bonds is 9. The maximum Gasteiger partial charge on any atom is 0.201 e. The zero-order valence-electron chi connectivity index (χ0n) is 22.4. The van der Waals surface area contributed by atoms with Gasteiger partial charge in [0.25, 0.3) is 0 Å². The second-order valence-electron chi connectivity index (χ2n) is 12.4. The quantitative estimate of drug-likeness (QED) is 0.393. The van der Waals surface area contributed by atoms with Crippen molar-refractivity contribution in [2.45, 2.75) is 104 Å². The van der Waals surface area contributed by atoms with Gasteiger partial charge in [0, 0.05) is 13.2 Å². The third-order valence-electron chi connectivity index (χ3n) is 7.71. The summed E-state index contributed by atoms with van der Waals surface area (Å²) >= 11 is 0. The summed E-state index contributed by atoms with van der Waals surface area (Å²) in [6.07, 6.45) is 1.01. The molecule has 2 rings (SSSR count). The van der Waals surface area contributed by atoms with Crippen LogP contribution in [-0.4, -0.2) is 38.9 Å². The Hall–Kier alpha value is -1.16. The normalized spacial score (nSPS) is 15.8. The van der Waals surface area contributed by atoms with E-state index in [4.69, 9.17) is 14.6 Å². The lowest BCUT2D eigenvalue weighted by Gasteiger charge is -2.42. The molecule has 0 aliphatic carbocycles. The first-order chi connectivity index (χ1) is 14.5. The molecule has 32 heavy (non-hydrogen) atoms. The summed E-state index contributed by atoms with van der Waals surface area (Å²) in [5.74, 6) is 0.855. The van der Waals surface area contributed by atoms with Gasteiger partial charge in [-0.2, -0.15) is 0 Å². The molecule has 182 valence electrons. The Morgan fingerprint density at radius 3 is 2.09 bits per heavy atom. The van der Waals surface area contributed by atoms with E-state index >= 15 is 0 Å². The number of imidazole rings is 1. The van der Waals surface area contributed by atoms with E-state index in [0.29, 0.717) is 5.95 Å². The number of para-hydroxylation sites is 2. The van der Waals surface area contributed by atoms with Gasteiger partial charge in [-0.1, -0.05) is 60.6 Å². The summed E-state index contributed by atoms with van der Waals surface area (Å²) in [7, 11) is -3.72. The summed E-state index contributed by atoms with van der Waals surface area (Å²) in [5.41, 5.74) is 8.33. The van der Waals surface area contributed by atoms with Gasteiger partial charge in [-0.05, 0) is 60.7 Å². The van der Waals surface area contributed by atoms with Crippen LogP contribution in [0.1, 0.15) is 54.9 Å². The fourth-order valence-corrected chi connectivity index (χ4v) is 5.87. The van der Waals surface area contributed by atoms with Crippen LogP contribution in [0.15, 0.2) is 24.3 Å². The van der Waals surface area contributed by atoms with Crippen LogP contribution in [-0.2, 0) is 15.4 Å². The molecule has 0 saturated heterocycles. The van der Waals surface area contributed by atoms with Gasteiger partial charge in [0.2, 0.25) is 5.95 Å². The molecule has 0 radical (unpaired) electrons. The van der Waals surface area contributed by atoms with Crippen LogP contribution in [0.2, 0.25) is 36.3 Å². The van der Waals surface area contributed by atoms with E-state index in [0.717, 1.165) is 30.6 Å². The molecule has 1 aromatic heterocycles. The van der Waals surface area contributed by atoms with E-state index in [2.05, 4.69) is 90.3 Å². The van der Waals surface area contributed by atoms with E-state index in [1.165, 1.54) is 0 Å². The monoisotopic (exact) mass is 477 g/mol. The van der Waals surface area contributed by atoms with Gasteiger partial charge in [0.1, 0.15) is 0 Å². The van der Waals surface area contributed by atoms with Gasteiger partial charge in [-0.3, -0.25) is 0 Å². The smallest absolute Gasteiger partial charge is 0.201 e. The molecule has 2 N–H and O–H groups in total. The second-order valence-corrected chi connectivity index (χ2v) is 21.9. The topological polar surface area (TPSA) is 62.3 Å². The summed E-state index contributed by atoms with van der Waals surface area (Å²) in [4.78, 5) is 4.55. The number of aromatic nitrogens is 2. The number of hydrogen-bond donors (Lipinski definition) is 1. The van der Waals surface area contributed by atoms with E-state index < -0.39 is 16.6 Å². The minimum Gasteiger partial charge on any atom is -0.417 e. The average Bonchev–Trinajstić information content (AvgIpc) is 2.94. The molecule has 2 aromatic rings. The number of nitrogens with two attached hydrogens (primary N) is 1. The number of nitrogen functional groups attached to an aromatic ring is 1. The van der Waals surface area contributed by atoms with Crippen LogP contribution in [0.3, 0.4) is 0 Å². The van der Waals surface area contributed by atoms with Crippen molar-refractivity contribution in [3.63, 3.8) is 0 Å². The molecule has 0 spiro atoms. The molecule has 0 aliphatic rings. The number of nitrogens with zero attached hydrogens (tertiary/aromatic N) is 2. The third-order valence-corrected chi connectivity index (χ3v) is 16.8. The lowest BCUT2D eigenvalue weighted by molar-refractivity contribution is 0.0893. The van der Waals surface area contributed by atoms with Gasteiger partial charge >= 0.3 is 0 Å². The van der Waals surface area contributed by atoms with Gasteiger partial charge < -0.3 is 19.2 Å². The molecule has 0 saturated carbocycles. The SMILES string of the molecule is C[C@H](Cn1c(N)nc2ccccc21)[C@@H](CCO[Si](C)(C)C(C)(C)C)O[Si](C)(C)C(C)(C)C. The fraction of sp³-hybridized carbons (Fsp3) is 0.720. The highest BCUT2D eigenvalue weighted by Crippen LogP contribution is 2.40. The Labute approximate surface area is 198 Å². The predicted octanol–water partition coefficient (Wildman–Crippen LogP) is 7.06. The van der Waals surface area contributed by atoms with Crippen LogP contribution in [0, 0.1) is 5.92 Å². The van der Waals surface area contributed by atoms with Crippen LogP contribution >= 0.6 is 0 Å². The van der Waals surface area contributed by atoms with Crippen LogP contribution in [0.5, 0.6) is 0 Å². The maximum atomic E-state index is 6.97. The fourth-order valence-electron chi connectivity index (χ4n) is 3.35. The van der Waals surface area contributed by atoms with Gasteiger partial charge in [0.05, 0.1) is 17.1 Å². The molecular formula is C25H47N3O2Si2. The summed E-state index contributed by atoms with van der Waals surface area (Å²) in [5, 5.41) is 0.366. The van der Waals surface area contributed by atoms with Crippen molar-refractivity contribution in [2.75, 3.05) is 12.3 Å². The second kappa shape index (κ2) is 9.60. The van der Waals surface area contributed by atoms with Crippen LogP contribution in [0.25, 0.3) is 11.0 Å². The molecule has 0 unspecified atom stereocenters. The van der Waals surface area contributed by atoms with Crippen molar-refractivity contribution >= 4 is 33.6 Å². The Balaban J connectivity index is 2.23. The zero-order chi connectivity index (χ0) is 24.5. The van der Waals surface area contributed by atoms with E-state index in [1.807, 2.05) is 18.2 Å². The zero-order valence-corrected chi connectivity index (χ0v) is 24.4. The highest BCUT2D eigenvalue weighted by molar-refractivity contribution is 6.74. The lowest BCUT2D eigenvalue weighted by Crippen LogP contribution is -2.47. The third kappa shape index (κ3) is 6.24. The van der Waals surface area contributed by atoms with Crippen molar-refractivity contribution < 1.29 is 8.85 Å². The van der Waals surface area contributed by atoms with Crippen molar-refractivity contribution in [3.8, 4) is 0 Å². The number of anilines is 1. The Kier molecular flexibility index (Phi) is 8.13. The van der Waals surface area contributed by atoms with Crippen molar-refractivity contribution in [1.29, 1.82) is 0 Å². The Morgan fingerprint density at radius 1 is 0.969 bits per heavy atom. The standard InChI is InChI=1S/C25H47N3O2Si2/c1-19(18-28-21-15-13-12-14-20(21)27-23(28)26)22(30-32(10,11)25(5,6)7)16-17-29-31(8,9)24(2,3)4/h12-15,19,22H,16-18H2,1-11H3,(H2,26,27)/t19-,22-/m1/s1. The van der Waals surface area contributed by atoms with Gasteiger partial charge in [-0.25, -0.2) is 4.98 Å². The Bertz CT molecular complexity index is 895. The highest BCUT2D eigenvalue weighted by Gasteiger charge is 2.41. The lowest BCUT2D eigenvalue weighted by atomic mass is 10.0. The molecule has 0 amide bonds. The number of fused-ring (bicyclic) bond motifs is 1. The summed E-state index contributed by atoms with van der Waals surface area (Å²) in [6.45, 7) is 26.9. The van der Waals surface area contributed by atoms with E-state index in [-0.39, 0.29) is 22.1 Å². The van der Waals surface area contributed by atoms with Gasteiger partial charge in [0.15, 0.2) is 16.6 Å². The summed E-state index contributed by atoms with van der Waals surface area (Å²) in [6, 6.07) is 8.16. The van der Waals surface area contributed by atoms with Crippen molar-refractivity contribution in [3.05, 3.63) is 24.3 Å². The molecule has 0 aliphatic heterocycles. The first-order valence-electron chi connectivity index (χ1n) is 12.0. The van der Waals surface area contributed by atoms with Crippen molar-refractivity contribution in [2.24, 2.45) is 5.92 Å². The van der Waals surface area contributed by atoms with Crippen LogP contribution < -0.4 is 5.73 Å². The van der Waals surface area contributed by atoms with E-state index in [1.54, 1.807) is 0 Å². The molecule has 7 heteroatoms. The maximum absolute atomic E-state index is 6.97. The molecule has 5 nitrogen and oxygen atoms in total. The molecule has 1 heterocycles. The summed E-state index contributed by atoms with van der Waals surface area (Å²) < 4.78 is 15.6. The van der Waals surface area contributed by atoms with Crippen LogP contribution in [0.4, 0.5) is 5.95 Å². The van der Waals surface area contributed by atoms with Gasteiger partial charge in [-0.15, -0.1) is 0 Å². The first-order valence-corrected chi connectivity index (χ1v) is 17.8. The molecule has 2 atom stereocenters. The van der Waals surface area contributed by atoms with E-state index in [9.17, 15) is 0 Å². The minimum absolute atomic E-state index is 0.112. The van der Waals surface area contributed by atoms with Crippen molar-refractivity contribution in [1.82, 2.24) is 9.55 Å². The number of benzene rings is 1. The number of hydrogen-bond acceptors (Lipinski definition) is 4. The minimum atomic E-state index is -1.93. The molecule has 0 fully saturated rings. The molecule has 0 bridgehead atoms. The predicted molar refractivity (Wildman–Crippen MR) is 143 cm³/mol. The average molecular weight is 478 g/mol.